The standard InChI is InChI=1S/C27H35N5O/c33-27-26-23-7-2-3-8-24(23)32(25(26)9-6-12-29-27)16-5-1-4-15-30-17-19-31(20-18-30)21-22-10-13-28-14-11-22/h2-3,7-8,10-11,13-14H,1,4-6,9,12,15-21H2,(H,29,33). The van der Waals surface area contributed by atoms with Gasteiger partial charge in [0.25, 0.3) is 5.91 Å². The molecular weight excluding hydrogens is 410 g/mol. The fourth-order valence-corrected chi connectivity index (χ4v) is 5.37. The lowest BCUT2D eigenvalue weighted by Gasteiger charge is -2.34. The number of aryl methyl sites for hydroxylation is 1. The second kappa shape index (κ2) is 10.5. The molecule has 1 aromatic carbocycles. The molecule has 4 heterocycles. The highest BCUT2D eigenvalue weighted by Crippen LogP contribution is 2.29. The van der Waals surface area contributed by atoms with Crippen molar-refractivity contribution in [1.29, 1.82) is 0 Å². The molecule has 174 valence electrons. The molecule has 5 rings (SSSR count). The van der Waals surface area contributed by atoms with E-state index in [-0.39, 0.29) is 5.91 Å². The lowest BCUT2D eigenvalue weighted by Crippen LogP contribution is -2.46. The molecule has 1 amide bonds. The number of benzene rings is 1. The van der Waals surface area contributed by atoms with Crippen molar-refractivity contribution >= 4 is 16.8 Å². The summed E-state index contributed by atoms with van der Waals surface area (Å²) in [5.74, 6) is 0.0977. The van der Waals surface area contributed by atoms with Crippen LogP contribution in [0.2, 0.25) is 0 Å². The number of para-hydroxylation sites is 1. The molecule has 2 aliphatic rings. The molecule has 0 spiro atoms. The number of rotatable bonds is 8. The van der Waals surface area contributed by atoms with Crippen molar-refractivity contribution in [3.8, 4) is 0 Å². The minimum absolute atomic E-state index is 0.0977. The molecular formula is C27H35N5O. The summed E-state index contributed by atoms with van der Waals surface area (Å²) in [6.07, 6.45) is 9.39. The Bertz CT molecular complexity index is 1070. The largest absolute Gasteiger partial charge is 0.352 e. The van der Waals surface area contributed by atoms with E-state index in [1.165, 1.54) is 36.2 Å². The van der Waals surface area contributed by atoms with E-state index < -0.39 is 0 Å². The number of unbranched alkanes of at least 4 members (excludes halogenated alkanes) is 2. The van der Waals surface area contributed by atoms with Gasteiger partial charge in [-0.1, -0.05) is 24.6 Å². The average Bonchev–Trinajstić information content (AvgIpc) is 3.03. The Kier molecular flexibility index (Phi) is 7.03. The summed E-state index contributed by atoms with van der Waals surface area (Å²) >= 11 is 0. The third-order valence-electron chi connectivity index (χ3n) is 7.16. The monoisotopic (exact) mass is 445 g/mol. The van der Waals surface area contributed by atoms with Crippen LogP contribution in [0.3, 0.4) is 0 Å². The normalized spacial score (nSPS) is 17.6. The van der Waals surface area contributed by atoms with E-state index in [4.69, 9.17) is 0 Å². The van der Waals surface area contributed by atoms with Crippen molar-refractivity contribution in [3.05, 3.63) is 65.6 Å². The van der Waals surface area contributed by atoms with Crippen molar-refractivity contribution in [2.45, 2.75) is 45.2 Å². The molecule has 33 heavy (non-hydrogen) atoms. The van der Waals surface area contributed by atoms with Crippen molar-refractivity contribution in [2.24, 2.45) is 0 Å². The van der Waals surface area contributed by atoms with E-state index in [9.17, 15) is 4.79 Å². The highest BCUT2D eigenvalue weighted by molar-refractivity contribution is 6.08. The highest BCUT2D eigenvalue weighted by atomic mass is 16.1. The quantitative estimate of drug-likeness (QED) is 0.537. The minimum Gasteiger partial charge on any atom is -0.352 e. The van der Waals surface area contributed by atoms with Crippen molar-refractivity contribution in [3.63, 3.8) is 0 Å². The van der Waals surface area contributed by atoms with Crippen LogP contribution in [0.25, 0.3) is 10.9 Å². The predicted octanol–water partition coefficient (Wildman–Crippen LogP) is 3.70. The molecule has 0 saturated carbocycles. The molecule has 1 N–H and O–H groups in total. The van der Waals surface area contributed by atoms with E-state index in [2.05, 4.69) is 55.0 Å². The number of nitrogens with zero attached hydrogens (tertiary/aromatic N) is 4. The second-order valence-electron chi connectivity index (χ2n) is 9.38. The van der Waals surface area contributed by atoms with Crippen LogP contribution in [-0.4, -0.2) is 64.5 Å². The first kappa shape index (κ1) is 22.1. The van der Waals surface area contributed by atoms with E-state index in [1.807, 2.05) is 18.5 Å². The maximum atomic E-state index is 12.7. The van der Waals surface area contributed by atoms with Gasteiger partial charge in [-0.25, -0.2) is 0 Å². The SMILES string of the molecule is O=C1NCCCc2c1c1ccccc1n2CCCCCN1CCN(Cc2ccncc2)CC1. The Morgan fingerprint density at radius 3 is 2.48 bits per heavy atom. The molecule has 0 unspecified atom stereocenters. The molecule has 6 heteroatoms. The maximum absolute atomic E-state index is 12.7. The van der Waals surface area contributed by atoms with Gasteiger partial charge >= 0.3 is 0 Å². The number of carbonyl (C=O) groups excluding carboxylic acids is 1. The topological polar surface area (TPSA) is 53.4 Å². The summed E-state index contributed by atoms with van der Waals surface area (Å²) in [4.78, 5) is 21.9. The first-order valence-electron chi connectivity index (χ1n) is 12.5. The van der Waals surface area contributed by atoms with Gasteiger partial charge in [0.05, 0.1) is 5.56 Å². The zero-order valence-electron chi connectivity index (χ0n) is 19.5. The number of aromatic nitrogens is 2. The van der Waals surface area contributed by atoms with Gasteiger partial charge in [-0.2, -0.15) is 0 Å². The molecule has 2 aliphatic heterocycles. The summed E-state index contributed by atoms with van der Waals surface area (Å²) in [7, 11) is 0. The van der Waals surface area contributed by atoms with E-state index in [1.54, 1.807) is 0 Å². The predicted molar refractivity (Wildman–Crippen MR) is 132 cm³/mol. The van der Waals surface area contributed by atoms with Gasteiger partial charge in [-0.3, -0.25) is 14.7 Å². The van der Waals surface area contributed by atoms with E-state index >= 15 is 0 Å². The van der Waals surface area contributed by atoms with Crippen molar-refractivity contribution in [2.75, 3.05) is 39.3 Å². The number of piperazine rings is 1. The van der Waals surface area contributed by atoms with Gasteiger partial charge in [0.15, 0.2) is 0 Å². The van der Waals surface area contributed by atoms with Crippen LogP contribution in [-0.2, 0) is 19.5 Å². The van der Waals surface area contributed by atoms with Gasteiger partial charge in [0.1, 0.15) is 0 Å². The molecule has 0 radical (unpaired) electrons. The van der Waals surface area contributed by atoms with Crippen LogP contribution in [0.15, 0.2) is 48.8 Å². The first-order valence-corrected chi connectivity index (χ1v) is 12.5. The third kappa shape index (κ3) is 5.12. The zero-order valence-corrected chi connectivity index (χ0v) is 19.5. The molecule has 0 bridgehead atoms. The first-order chi connectivity index (χ1) is 16.3. The Balaban J connectivity index is 1.09. The molecule has 1 fully saturated rings. The van der Waals surface area contributed by atoms with Crippen LogP contribution in [0.5, 0.6) is 0 Å². The number of fused-ring (bicyclic) bond motifs is 3. The van der Waals surface area contributed by atoms with Gasteiger partial charge in [-0.15, -0.1) is 0 Å². The number of hydrogen-bond donors (Lipinski definition) is 1. The lowest BCUT2D eigenvalue weighted by molar-refractivity contribution is 0.0957. The Morgan fingerprint density at radius 1 is 0.879 bits per heavy atom. The molecule has 6 nitrogen and oxygen atoms in total. The third-order valence-corrected chi connectivity index (χ3v) is 7.16. The van der Waals surface area contributed by atoms with Gasteiger partial charge in [-0.05, 0) is 56.0 Å². The van der Waals surface area contributed by atoms with Crippen LogP contribution >= 0.6 is 0 Å². The Labute approximate surface area is 196 Å². The Hall–Kier alpha value is -2.70. The number of carbonyl (C=O) groups is 1. The number of nitrogens with one attached hydrogen (secondary N) is 1. The van der Waals surface area contributed by atoms with Crippen LogP contribution < -0.4 is 5.32 Å². The summed E-state index contributed by atoms with van der Waals surface area (Å²) in [5, 5.41) is 4.18. The van der Waals surface area contributed by atoms with Crippen LogP contribution in [0.4, 0.5) is 0 Å². The zero-order chi connectivity index (χ0) is 22.5. The fraction of sp³-hybridized carbons (Fsp3) is 0.481. The molecule has 2 aromatic heterocycles. The number of amides is 1. The molecule has 1 saturated heterocycles. The fourth-order valence-electron chi connectivity index (χ4n) is 5.37. The summed E-state index contributed by atoms with van der Waals surface area (Å²) in [6, 6.07) is 12.6. The summed E-state index contributed by atoms with van der Waals surface area (Å²) < 4.78 is 2.42. The number of hydrogen-bond acceptors (Lipinski definition) is 4. The summed E-state index contributed by atoms with van der Waals surface area (Å²) in [6.45, 7) is 8.61. The maximum Gasteiger partial charge on any atom is 0.253 e. The molecule has 3 aromatic rings. The lowest BCUT2D eigenvalue weighted by atomic mass is 10.1. The van der Waals surface area contributed by atoms with Crippen LogP contribution in [0, 0.1) is 0 Å². The van der Waals surface area contributed by atoms with Gasteiger partial charge in [0, 0.05) is 74.8 Å². The highest BCUT2D eigenvalue weighted by Gasteiger charge is 2.24. The van der Waals surface area contributed by atoms with Gasteiger partial charge < -0.3 is 14.8 Å². The van der Waals surface area contributed by atoms with E-state index in [0.29, 0.717) is 0 Å². The van der Waals surface area contributed by atoms with Gasteiger partial charge in [0.2, 0.25) is 0 Å². The molecule has 0 aliphatic carbocycles. The minimum atomic E-state index is 0.0977. The molecule has 0 atom stereocenters. The second-order valence-corrected chi connectivity index (χ2v) is 9.38. The summed E-state index contributed by atoms with van der Waals surface area (Å²) in [5.41, 5.74) is 4.71. The van der Waals surface area contributed by atoms with Crippen molar-refractivity contribution in [1.82, 2.24) is 24.7 Å². The van der Waals surface area contributed by atoms with Crippen molar-refractivity contribution < 1.29 is 4.79 Å². The van der Waals surface area contributed by atoms with Crippen LogP contribution in [0.1, 0.15) is 47.3 Å². The smallest absolute Gasteiger partial charge is 0.253 e. The number of pyridine rings is 1. The van der Waals surface area contributed by atoms with E-state index in [0.717, 1.165) is 76.0 Å². The average molecular weight is 446 g/mol. The Morgan fingerprint density at radius 2 is 1.64 bits per heavy atom.